The lowest BCUT2D eigenvalue weighted by Crippen LogP contribution is -2.03. The largest absolute Gasteiger partial charge is 0.466 e. The molecule has 0 amide bonds. The van der Waals surface area contributed by atoms with Crippen molar-refractivity contribution in [1.29, 1.82) is 0 Å². The summed E-state index contributed by atoms with van der Waals surface area (Å²) in [5, 5.41) is 0. The number of esters is 1. The van der Waals surface area contributed by atoms with Gasteiger partial charge in [-0.25, -0.2) is 0 Å². The highest BCUT2D eigenvalue weighted by molar-refractivity contribution is 5.69. The summed E-state index contributed by atoms with van der Waals surface area (Å²) in [5.74, 6) is -0.0304. The minimum absolute atomic E-state index is 0. The average molecular weight is 330 g/mol. The fourth-order valence-electron chi connectivity index (χ4n) is 2.87. The molecule has 0 aromatic carbocycles. The van der Waals surface area contributed by atoms with Gasteiger partial charge in [-0.05, 0) is 13.3 Å². The van der Waals surface area contributed by atoms with Crippen LogP contribution >= 0.6 is 0 Å². The van der Waals surface area contributed by atoms with E-state index in [0.717, 1.165) is 6.42 Å². The van der Waals surface area contributed by atoms with Crippen LogP contribution in [0.2, 0.25) is 0 Å². The van der Waals surface area contributed by atoms with E-state index in [0.29, 0.717) is 13.0 Å². The van der Waals surface area contributed by atoms with E-state index < -0.39 is 0 Å². The van der Waals surface area contributed by atoms with Gasteiger partial charge >= 0.3 is 5.97 Å². The maximum Gasteiger partial charge on any atom is 0.305 e. The molecule has 140 valence electrons. The highest BCUT2D eigenvalue weighted by Gasteiger charge is 2.00. The molecule has 0 unspecified atom stereocenters. The van der Waals surface area contributed by atoms with Crippen molar-refractivity contribution in [2.24, 2.45) is 0 Å². The first-order valence-electron chi connectivity index (χ1n) is 9.96. The van der Waals surface area contributed by atoms with Crippen LogP contribution in [-0.4, -0.2) is 12.6 Å². The fraction of sp³-hybridized carbons (Fsp3) is 0.950. The molecule has 0 heterocycles. The number of rotatable bonds is 17. The van der Waals surface area contributed by atoms with E-state index in [-0.39, 0.29) is 12.1 Å². The average Bonchev–Trinajstić information content (AvgIpc) is 2.51. The second-order valence-electron chi connectivity index (χ2n) is 6.50. The lowest BCUT2D eigenvalue weighted by molar-refractivity contribution is -0.143. The molecule has 0 radical (unpaired) electrons. The van der Waals surface area contributed by atoms with Gasteiger partial charge in [-0.3, -0.25) is 4.79 Å². The Morgan fingerprint density at radius 2 is 0.957 bits per heavy atom. The zero-order valence-electron chi connectivity index (χ0n) is 16.0. The summed E-state index contributed by atoms with van der Waals surface area (Å²) >= 11 is 0. The molecule has 0 aliphatic carbocycles. The van der Waals surface area contributed by atoms with Crippen molar-refractivity contribution in [2.75, 3.05) is 6.61 Å². The van der Waals surface area contributed by atoms with E-state index in [9.17, 15) is 4.79 Å². The summed E-state index contributed by atoms with van der Waals surface area (Å²) in [5.41, 5.74) is 0. The normalized spacial score (nSPS) is 10.3. The Morgan fingerprint density at radius 1 is 0.609 bits per heavy atom. The van der Waals surface area contributed by atoms with Crippen LogP contribution in [0.4, 0.5) is 0 Å². The minimum Gasteiger partial charge on any atom is -0.466 e. The molecule has 0 atom stereocenters. The third-order valence-corrected chi connectivity index (χ3v) is 4.29. The van der Waals surface area contributed by atoms with Gasteiger partial charge in [-0.1, -0.05) is 96.8 Å². The third-order valence-electron chi connectivity index (χ3n) is 4.29. The van der Waals surface area contributed by atoms with Gasteiger partial charge in [-0.15, -0.1) is 0 Å². The van der Waals surface area contributed by atoms with E-state index in [2.05, 4.69) is 6.92 Å². The van der Waals surface area contributed by atoms with Crippen molar-refractivity contribution >= 4 is 5.97 Å². The van der Waals surface area contributed by atoms with E-state index in [1.54, 1.807) is 0 Å². The van der Waals surface area contributed by atoms with Crippen LogP contribution in [0.3, 0.4) is 0 Å². The smallest absolute Gasteiger partial charge is 0.305 e. The van der Waals surface area contributed by atoms with E-state index in [1.165, 1.54) is 89.9 Å². The molecular weight excluding hydrogens is 286 g/mol. The summed E-state index contributed by atoms with van der Waals surface area (Å²) in [6.07, 6.45) is 21.0. The molecule has 0 aliphatic heterocycles. The first-order chi connectivity index (χ1) is 10.8. The molecule has 3 heteroatoms. The van der Waals surface area contributed by atoms with Crippen molar-refractivity contribution in [3.05, 3.63) is 0 Å². The standard InChI is InChI=1S/C20H40O2.H3N/c1-3-5-6-7-8-9-10-11-12-13-14-15-16-17-18-19-20(21)22-4-2;/h3-19H2,1-2H3;1H3. The van der Waals surface area contributed by atoms with Gasteiger partial charge in [0.25, 0.3) is 0 Å². The van der Waals surface area contributed by atoms with Crippen LogP contribution < -0.4 is 6.15 Å². The van der Waals surface area contributed by atoms with Gasteiger partial charge in [0.05, 0.1) is 6.61 Å². The molecule has 0 aromatic rings. The summed E-state index contributed by atoms with van der Waals surface area (Å²) < 4.78 is 4.92. The molecule has 0 aromatic heterocycles. The summed E-state index contributed by atoms with van der Waals surface area (Å²) in [4.78, 5) is 11.2. The number of hydrogen-bond donors (Lipinski definition) is 1. The van der Waals surface area contributed by atoms with Crippen LogP contribution in [-0.2, 0) is 9.53 Å². The number of carbonyl (C=O) groups excluding carboxylic acids is 1. The number of unbranched alkanes of at least 4 members (excludes halogenated alkanes) is 14. The van der Waals surface area contributed by atoms with Crippen LogP contribution in [0.5, 0.6) is 0 Å². The number of carbonyl (C=O) groups is 1. The Kier molecular flexibility index (Phi) is 23.0. The Bertz CT molecular complexity index is 232. The van der Waals surface area contributed by atoms with Crippen molar-refractivity contribution in [3.8, 4) is 0 Å². The zero-order valence-corrected chi connectivity index (χ0v) is 16.0. The maximum absolute atomic E-state index is 11.2. The van der Waals surface area contributed by atoms with E-state index in [4.69, 9.17) is 4.74 Å². The van der Waals surface area contributed by atoms with Crippen LogP contribution in [0.15, 0.2) is 0 Å². The van der Waals surface area contributed by atoms with Gasteiger partial charge in [0, 0.05) is 6.42 Å². The summed E-state index contributed by atoms with van der Waals surface area (Å²) in [7, 11) is 0. The number of ether oxygens (including phenoxy) is 1. The summed E-state index contributed by atoms with van der Waals surface area (Å²) in [6.45, 7) is 4.66. The van der Waals surface area contributed by atoms with E-state index >= 15 is 0 Å². The predicted molar refractivity (Wildman–Crippen MR) is 101 cm³/mol. The first kappa shape index (κ1) is 24.7. The van der Waals surface area contributed by atoms with Crippen LogP contribution in [0.25, 0.3) is 0 Å². The Balaban J connectivity index is 0. The topological polar surface area (TPSA) is 61.3 Å². The summed E-state index contributed by atoms with van der Waals surface area (Å²) in [6, 6.07) is 0. The van der Waals surface area contributed by atoms with Gasteiger partial charge in [-0.2, -0.15) is 0 Å². The molecule has 0 aliphatic rings. The van der Waals surface area contributed by atoms with Crippen LogP contribution in [0, 0.1) is 0 Å². The van der Waals surface area contributed by atoms with Crippen molar-refractivity contribution < 1.29 is 9.53 Å². The predicted octanol–water partition coefficient (Wildman–Crippen LogP) is 6.97. The zero-order chi connectivity index (χ0) is 16.3. The molecule has 0 saturated carbocycles. The molecule has 0 spiro atoms. The lowest BCUT2D eigenvalue weighted by Gasteiger charge is -2.03. The van der Waals surface area contributed by atoms with Crippen LogP contribution in [0.1, 0.15) is 117 Å². The second kappa shape index (κ2) is 21.4. The molecule has 3 N–H and O–H groups in total. The van der Waals surface area contributed by atoms with Crippen molar-refractivity contribution in [2.45, 2.75) is 117 Å². The van der Waals surface area contributed by atoms with Gasteiger partial charge in [0.2, 0.25) is 0 Å². The molecule has 23 heavy (non-hydrogen) atoms. The van der Waals surface area contributed by atoms with Gasteiger partial charge < -0.3 is 10.9 Å². The van der Waals surface area contributed by atoms with Crippen molar-refractivity contribution in [3.63, 3.8) is 0 Å². The fourth-order valence-corrected chi connectivity index (χ4v) is 2.87. The number of hydrogen-bond acceptors (Lipinski definition) is 3. The SMILES string of the molecule is CCCCCCCCCCCCCCCCCC(=O)OCC.N. The third kappa shape index (κ3) is 21.4. The molecule has 3 nitrogen and oxygen atoms in total. The molecule has 0 fully saturated rings. The first-order valence-corrected chi connectivity index (χ1v) is 9.96. The minimum atomic E-state index is -0.0304. The lowest BCUT2D eigenvalue weighted by atomic mass is 10.0. The van der Waals surface area contributed by atoms with Gasteiger partial charge in [0.1, 0.15) is 0 Å². The Morgan fingerprint density at radius 3 is 1.30 bits per heavy atom. The molecule has 0 saturated heterocycles. The van der Waals surface area contributed by atoms with Gasteiger partial charge in [0.15, 0.2) is 0 Å². The molecule has 0 rings (SSSR count). The Hall–Kier alpha value is -0.570. The highest BCUT2D eigenvalue weighted by Crippen LogP contribution is 2.13. The highest BCUT2D eigenvalue weighted by atomic mass is 16.5. The monoisotopic (exact) mass is 329 g/mol. The van der Waals surface area contributed by atoms with E-state index in [1.807, 2.05) is 6.92 Å². The Labute approximate surface area is 145 Å². The van der Waals surface area contributed by atoms with Crippen molar-refractivity contribution in [1.82, 2.24) is 6.15 Å². The molecule has 0 bridgehead atoms. The quantitative estimate of drug-likeness (QED) is 0.231. The maximum atomic E-state index is 11.2. The second-order valence-corrected chi connectivity index (χ2v) is 6.50. The molecular formula is C20H43NO2.